The lowest BCUT2D eigenvalue weighted by molar-refractivity contribution is -0.137. The second kappa shape index (κ2) is 3.93. The van der Waals surface area contributed by atoms with Crippen LogP contribution >= 0.6 is 0 Å². The summed E-state index contributed by atoms with van der Waals surface area (Å²) in [6.45, 7) is 0. The van der Waals surface area contributed by atoms with Crippen molar-refractivity contribution < 1.29 is 9.90 Å². The minimum atomic E-state index is -0.709. The number of anilines is 1. The van der Waals surface area contributed by atoms with Crippen molar-refractivity contribution >= 4 is 11.7 Å². The first kappa shape index (κ1) is 10.0. The lowest BCUT2D eigenvalue weighted by Gasteiger charge is -2.13. The summed E-state index contributed by atoms with van der Waals surface area (Å²) in [5.74, 6) is -0.528. The first-order chi connectivity index (χ1) is 7.22. The molecular formula is C12H15NO2. The topological polar surface area (TPSA) is 49.3 Å². The maximum Gasteiger partial charge on any atom is 0.303 e. The normalized spacial score (nSPS) is 18.6. The van der Waals surface area contributed by atoms with Gasteiger partial charge in [-0.15, -0.1) is 0 Å². The Labute approximate surface area is 89.1 Å². The zero-order chi connectivity index (χ0) is 10.8. The molecule has 0 aromatic heterocycles. The molecule has 3 heteroatoms. The maximum atomic E-state index is 10.7. The van der Waals surface area contributed by atoms with E-state index in [0.29, 0.717) is 0 Å². The quantitative estimate of drug-likeness (QED) is 0.795. The van der Waals surface area contributed by atoms with Crippen molar-refractivity contribution in [3.05, 3.63) is 29.3 Å². The van der Waals surface area contributed by atoms with Crippen LogP contribution in [0.3, 0.4) is 0 Å². The van der Waals surface area contributed by atoms with E-state index in [1.54, 1.807) is 0 Å². The van der Waals surface area contributed by atoms with Crippen molar-refractivity contribution in [1.82, 2.24) is 0 Å². The predicted octanol–water partition coefficient (Wildman–Crippen LogP) is 2.23. The molecule has 1 unspecified atom stereocenters. The largest absolute Gasteiger partial charge is 0.481 e. The summed E-state index contributed by atoms with van der Waals surface area (Å²) in [4.78, 5) is 10.7. The highest BCUT2D eigenvalue weighted by atomic mass is 16.4. The van der Waals surface area contributed by atoms with Crippen molar-refractivity contribution in [1.29, 1.82) is 0 Å². The van der Waals surface area contributed by atoms with Gasteiger partial charge in [0.2, 0.25) is 0 Å². The van der Waals surface area contributed by atoms with E-state index in [4.69, 9.17) is 5.11 Å². The molecule has 0 fully saturated rings. The van der Waals surface area contributed by atoms with E-state index in [-0.39, 0.29) is 12.3 Å². The van der Waals surface area contributed by atoms with E-state index < -0.39 is 5.97 Å². The van der Waals surface area contributed by atoms with E-state index >= 15 is 0 Å². The molecule has 0 radical (unpaired) electrons. The smallest absolute Gasteiger partial charge is 0.303 e. The summed E-state index contributed by atoms with van der Waals surface area (Å²) in [6, 6.07) is 6.13. The fourth-order valence-corrected chi connectivity index (χ4v) is 2.42. The molecule has 1 aromatic carbocycles. The average molecular weight is 205 g/mol. The Hall–Kier alpha value is -1.51. The fourth-order valence-electron chi connectivity index (χ4n) is 2.42. The second-order valence-electron chi connectivity index (χ2n) is 3.96. The Morgan fingerprint density at radius 2 is 2.40 bits per heavy atom. The molecule has 2 N–H and O–H groups in total. The standard InChI is InChI=1S/C12H15NO2/c1-13-10-4-2-3-8-5-6-9(12(8)10)7-11(14)15/h2-4,9,13H,5-7H2,1H3,(H,14,15). The number of rotatable bonds is 3. The van der Waals surface area contributed by atoms with E-state index in [1.165, 1.54) is 11.1 Å². The molecule has 1 aliphatic rings. The van der Waals surface area contributed by atoms with Gasteiger partial charge in [-0.3, -0.25) is 4.79 Å². The molecule has 0 aliphatic heterocycles. The number of hydrogen-bond acceptors (Lipinski definition) is 2. The van der Waals surface area contributed by atoms with Gasteiger partial charge < -0.3 is 10.4 Å². The molecule has 1 atom stereocenters. The van der Waals surface area contributed by atoms with Crippen molar-refractivity contribution in [3.8, 4) is 0 Å². The highest BCUT2D eigenvalue weighted by molar-refractivity contribution is 5.70. The summed E-state index contributed by atoms with van der Waals surface area (Å²) >= 11 is 0. The molecule has 3 nitrogen and oxygen atoms in total. The number of hydrogen-bond donors (Lipinski definition) is 2. The third-order valence-electron chi connectivity index (χ3n) is 3.06. The van der Waals surface area contributed by atoms with Gasteiger partial charge in [0.15, 0.2) is 0 Å². The van der Waals surface area contributed by atoms with Crippen LogP contribution in [-0.2, 0) is 11.2 Å². The molecular weight excluding hydrogens is 190 g/mol. The van der Waals surface area contributed by atoms with Gasteiger partial charge in [-0.1, -0.05) is 12.1 Å². The maximum absolute atomic E-state index is 10.7. The number of carboxylic acids is 1. The first-order valence-electron chi connectivity index (χ1n) is 5.23. The average Bonchev–Trinajstić information content (AvgIpc) is 2.61. The van der Waals surface area contributed by atoms with Gasteiger partial charge >= 0.3 is 5.97 Å². The van der Waals surface area contributed by atoms with Gasteiger partial charge in [0.1, 0.15) is 0 Å². The third-order valence-corrected chi connectivity index (χ3v) is 3.06. The zero-order valence-electron chi connectivity index (χ0n) is 8.79. The van der Waals surface area contributed by atoms with Crippen LogP contribution in [0.4, 0.5) is 5.69 Å². The van der Waals surface area contributed by atoms with Crippen LogP contribution < -0.4 is 5.32 Å². The zero-order valence-corrected chi connectivity index (χ0v) is 8.79. The Balaban J connectivity index is 2.35. The van der Waals surface area contributed by atoms with Gasteiger partial charge in [-0.2, -0.15) is 0 Å². The molecule has 0 heterocycles. The first-order valence-corrected chi connectivity index (χ1v) is 5.23. The van der Waals surface area contributed by atoms with Crippen LogP contribution in [0.2, 0.25) is 0 Å². The van der Waals surface area contributed by atoms with Crippen LogP contribution in [0.1, 0.15) is 29.9 Å². The molecule has 0 amide bonds. The summed E-state index contributed by atoms with van der Waals surface area (Å²) in [5.41, 5.74) is 3.59. The molecule has 15 heavy (non-hydrogen) atoms. The third kappa shape index (κ3) is 1.82. The number of fused-ring (bicyclic) bond motifs is 1. The van der Waals surface area contributed by atoms with E-state index in [1.807, 2.05) is 19.2 Å². The molecule has 1 aromatic rings. The summed E-state index contributed by atoms with van der Waals surface area (Å²) in [7, 11) is 1.88. The van der Waals surface area contributed by atoms with Gasteiger partial charge in [0.05, 0.1) is 6.42 Å². The molecule has 2 rings (SSSR count). The number of aliphatic carboxylic acids is 1. The fraction of sp³-hybridized carbons (Fsp3) is 0.417. The van der Waals surface area contributed by atoms with Gasteiger partial charge in [0, 0.05) is 12.7 Å². The van der Waals surface area contributed by atoms with Crippen LogP contribution in [-0.4, -0.2) is 18.1 Å². The number of carboxylic acid groups (broad SMARTS) is 1. The molecule has 0 bridgehead atoms. The van der Waals surface area contributed by atoms with Gasteiger partial charge in [-0.05, 0) is 36.0 Å². The Bertz CT molecular complexity index is 387. The highest BCUT2D eigenvalue weighted by Crippen LogP contribution is 2.39. The van der Waals surface area contributed by atoms with Gasteiger partial charge in [0.25, 0.3) is 0 Å². The minimum absolute atomic E-state index is 0.182. The summed E-state index contributed by atoms with van der Waals surface area (Å²) in [5, 5.41) is 12.0. The Morgan fingerprint density at radius 3 is 3.07 bits per heavy atom. The van der Waals surface area contributed by atoms with Crippen molar-refractivity contribution in [2.45, 2.75) is 25.2 Å². The Kier molecular flexibility index (Phi) is 2.62. The van der Waals surface area contributed by atoms with Crippen molar-refractivity contribution in [2.24, 2.45) is 0 Å². The highest BCUT2D eigenvalue weighted by Gasteiger charge is 2.26. The van der Waals surface area contributed by atoms with Crippen molar-refractivity contribution in [3.63, 3.8) is 0 Å². The Morgan fingerprint density at radius 1 is 1.60 bits per heavy atom. The van der Waals surface area contributed by atoms with Crippen molar-refractivity contribution in [2.75, 3.05) is 12.4 Å². The van der Waals surface area contributed by atoms with E-state index in [0.717, 1.165) is 18.5 Å². The number of carbonyl (C=O) groups is 1. The predicted molar refractivity (Wildman–Crippen MR) is 59.3 cm³/mol. The number of aryl methyl sites for hydroxylation is 1. The number of benzene rings is 1. The van der Waals surface area contributed by atoms with Gasteiger partial charge in [-0.25, -0.2) is 0 Å². The van der Waals surface area contributed by atoms with Crippen LogP contribution in [0.15, 0.2) is 18.2 Å². The SMILES string of the molecule is CNc1cccc2c1C(CC(=O)O)CC2. The summed E-state index contributed by atoms with van der Waals surface area (Å²) in [6.07, 6.45) is 2.20. The van der Waals surface area contributed by atoms with Crippen LogP contribution in [0.25, 0.3) is 0 Å². The summed E-state index contributed by atoms with van der Waals surface area (Å²) < 4.78 is 0. The molecule has 1 aliphatic carbocycles. The minimum Gasteiger partial charge on any atom is -0.481 e. The molecule has 0 spiro atoms. The lowest BCUT2D eigenvalue weighted by atomic mass is 9.96. The van der Waals surface area contributed by atoms with Crippen LogP contribution in [0, 0.1) is 0 Å². The lowest BCUT2D eigenvalue weighted by Crippen LogP contribution is -2.05. The van der Waals surface area contributed by atoms with E-state index in [2.05, 4.69) is 11.4 Å². The molecule has 0 saturated carbocycles. The monoisotopic (exact) mass is 205 g/mol. The molecule has 80 valence electrons. The second-order valence-corrected chi connectivity index (χ2v) is 3.96. The van der Waals surface area contributed by atoms with Crippen LogP contribution in [0.5, 0.6) is 0 Å². The number of nitrogens with one attached hydrogen (secondary N) is 1. The van der Waals surface area contributed by atoms with E-state index in [9.17, 15) is 4.79 Å². The molecule has 0 saturated heterocycles.